The lowest BCUT2D eigenvalue weighted by atomic mass is 10.1. The molecule has 0 radical (unpaired) electrons. The largest absolute Gasteiger partial charge is 0.450 e. The highest BCUT2D eigenvalue weighted by Gasteiger charge is 2.25. The van der Waals surface area contributed by atoms with E-state index in [-0.39, 0.29) is 23.7 Å². The number of carbonyl (C=O) groups is 2. The second kappa shape index (κ2) is 8.98. The Morgan fingerprint density at radius 2 is 1.85 bits per heavy atom. The van der Waals surface area contributed by atoms with Crippen molar-refractivity contribution < 1.29 is 14.3 Å². The number of carbonyl (C=O) groups excluding carboxylic acids is 2. The highest BCUT2D eigenvalue weighted by atomic mass is 16.6. The minimum Gasteiger partial charge on any atom is -0.450 e. The maximum atomic E-state index is 12.4. The van der Waals surface area contributed by atoms with Crippen LogP contribution in [0.3, 0.4) is 0 Å². The number of piperidine rings is 1. The average molecular weight is 369 g/mol. The minimum atomic E-state index is -0.297. The lowest BCUT2D eigenvalue weighted by molar-refractivity contribution is 0.0856. The second-order valence-corrected chi connectivity index (χ2v) is 6.23. The van der Waals surface area contributed by atoms with Crippen LogP contribution in [0.15, 0.2) is 42.5 Å². The molecule has 2 heterocycles. The number of amides is 2. The van der Waals surface area contributed by atoms with Gasteiger partial charge in [0.05, 0.1) is 6.61 Å². The van der Waals surface area contributed by atoms with Gasteiger partial charge in [0.15, 0.2) is 11.5 Å². The highest BCUT2D eigenvalue weighted by molar-refractivity contribution is 5.92. The Bertz CT molecular complexity index is 759. The van der Waals surface area contributed by atoms with Gasteiger partial charge in [-0.05, 0) is 44.0 Å². The van der Waals surface area contributed by atoms with E-state index in [1.807, 2.05) is 30.3 Å². The van der Waals surface area contributed by atoms with Gasteiger partial charge in [-0.25, -0.2) is 4.79 Å². The van der Waals surface area contributed by atoms with Crippen LogP contribution in [0.2, 0.25) is 0 Å². The highest BCUT2D eigenvalue weighted by Crippen LogP contribution is 2.14. The van der Waals surface area contributed by atoms with E-state index in [4.69, 9.17) is 4.74 Å². The standard InChI is InChI=1S/C19H23N5O3/c1-2-27-19(26)24-12-10-15(11-13-24)21-18(25)16-8-9-17(23-22-16)20-14-6-4-3-5-7-14/h3-9,15H,2,10-13H2,1H3,(H,20,23)(H,21,25). The van der Waals surface area contributed by atoms with Gasteiger partial charge < -0.3 is 20.3 Å². The minimum absolute atomic E-state index is 0.00657. The quantitative estimate of drug-likeness (QED) is 0.841. The lowest BCUT2D eigenvalue weighted by Crippen LogP contribution is -2.46. The van der Waals surface area contributed by atoms with E-state index in [2.05, 4.69) is 20.8 Å². The van der Waals surface area contributed by atoms with Crippen LogP contribution >= 0.6 is 0 Å². The first-order chi connectivity index (χ1) is 13.2. The fourth-order valence-corrected chi connectivity index (χ4v) is 2.87. The molecule has 0 unspecified atom stereocenters. The molecular formula is C19H23N5O3. The predicted molar refractivity (Wildman–Crippen MR) is 101 cm³/mol. The van der Waals surface area contributed by atoms with Gasteiger partial charge in [0.1, 0.15) is 0 Å². The zero-order chi connectivity index (χ0) is 19.1. The van der Waals surface area contributed by atoms with Crippen LogP contribution in [0.25, 0.3) is 0 Å². The molecule has 1 saturated heterocycles. The molecule has 1 aromatic heterocycles. The lowest BCUT2D eigenvalue weighted by Gasteiger charge is -2.31. The molecule has 142 valence electrons. The van der Waals surface area contributed by atoms with E-state index in [1.54, 1.807) is 24.0 Å². The number of nitrogens with one attached hydrogen (secondary N) is 2. The normalized spacial score (nSPS) is 14.5. The van der Waals surface area contributed by atoms with Crippen LogP contribution in [0.5, 0.6) is 0 Å². The van der Waals surface area contributed by atoms with Crippen molar-refractivity contribution in [3.05, 3.63) is 48.2 Å². The molecule has 0 atom stereocenters. The van der Waals surface area contributed by atoms with Crippen molar-refractivity contribution in [1.82, 2.24) is 20.4 Å². The number of rotatable bonds is 5. The van der Waals surface area contributed by atoms with E-state index in [0.29, 0.717) is 38.4 Å². The topological polar surface area (TPSA) is 96.5 Å². The zero-order valence-corrected chi connectivity index (χ0v) is 15.2. The molecular weight excluding hydrogens is 346 g/mol. The van der Waals surface area contributed by atoms with Gasteiger partial charge in [-0.1, -0.05) is 18.2 Å². The summed E-state index contributed by atoms with van der Waals surface area (Å²) >= 11 is 0. The van der Waals surface area contributed by atoms with Crippen molar-refractivity contribution >= 4 is 23.5 Å². The van der Waals surface area contributed by atoms with Crippen molar-refractivity contribution in [3.63, 3.8) is 0 Å². The van der Waals surface area contributed by atoms with E-state index in [9.17, 15) is 9.59 Å². The summed E-state index contributed by atoms with van der Waals surface area (Å²) in [4.78, 5) is 25.7. The second-order valence-electron chi connectivity index (χ2n) is 6.23. The molecule has 1 aliphatic rings. The van der Waals surface area contributed by atoms with Gasteiger partial charge in [0.2, 0.25) is 0 Å². The van der Waals surface area contributed by atoms with Gasteiger partial charge >= 0.3 is 6.09 Å². The smallest absolute Gasteiger partial charge is 0.409 e. The van der Waals surface area contributed by atoms with Gasteiger partial charge in [-0.2, -0.15) is 0 Å². The monoisotopic (exact) mass is 369 g/mol. The number of hydrogen-bond acceptors (Lipinski definition) is 6. The fourth-order valence-electron chi connectivity index (χ4n) is 2.87. The predicted octanol–water partition coefficient (Wildman–Crippen LogP) is 2.57. The summed E-state index contributed by atoms with van der Waals surface area (Å²) in [6, 6.07) is 13.0. The van der Waals surface area contributed by atoms with Crippen molar-refractivity contribution in [3.8, 4) is 0 Å². The molecule has 2 amide bonds. The third-order valence-electron chi connectivity index (χ3n) is 4.30. The molecule has 0 aliphatic carbocycles. The van der Waals surface area contributed by atoms with Crippen LogP contribution < -0.4 is 10.6 Å². The van der Waals surface area contributed by atoms with Crippen LogP contribution in [0.1, 0.15) is 30.3 Å². The molecule has 0 saturated carbocycles. The van der Waals surface area contributed by atoms with Gasteiger partial charge in [-0.3, -0.25) is 4.79 Å². The maximum Gasteiger partial charge on any atom is 0.409 e. The zero-order valence-electron chi connectivity index (χ0n) is 15.2. The summed E-state index contributed by atoms with van der Waals surface area (Å²) in [5.41, 5.74) is 1.17. The van der Waals surface area contributed by atoms with Crippen molar-refractivity contribution in [2.75, 3.05) is 25.0 Å². The molecule has 3 rings (SSSR count). The van der Waals surface area contributed by atoms with Crippen LogP contribution in [0.4, 0.5) is 16.3 Å². The van der Waals surface area contributed by atoms with Gasteiger partial charge in [0.25, 0.3) is 5.91 Å². The summed E-state index contributed by atoms with van der Waals surface area (Å²) < 4.78 is 5.00. The Morgan fingerprint density at radius 1 is 1.11 bits per heavy atom. The molecule has 0 spiro atoms. The number of ether oxygens (including phenoxy) is 1. The van der Waals surface area contributed by atoms with E-state index in [0.717, 1.165) is 5.69 Å². The van der Waals surface area contributed by atoms with Crippen molar-refractivity contribution in [1.29, 1.82) is 0 Å². The summed E-state index contributed by atoms with van der Waals surface area (Å²) in [7, 11) is 0. The first-order valence-corrected chi connectivity index (χ1v) is 9.04. The number of nitrogens with zero attached hydrogens (tertiary/aromatic N) is 3. The first-order valence-electron chi connectivity index (χ1n) is 9.04. The molecule has 2 N–H and O–H groups in total. The Morgan fingerprint density at radius 3 is 2.48 bits per heavy atom. The van der Waals surface area contributed by atoms with Crippen molar-refractivity contribution in [2.24, 2.45) is 0 Å². The van der Waals surface area contributed by atoms with Crippen LogP contribution in [-0.4, -0.2) is 52.8 Å². The van der Waals surface area contributed by atoms with E-state index < -0.39 is 0 Å². The average Bonchev–Trinajstić information content (AvgIpc) is 2.70. The van der Waals surface area contributed by atoms with Crippen LogP contribution in [0, 0.1) is 0 Å². The number of anilines is 2. The summed E-state index contributed by atoms with van der Waals surface area (Å²) in [6.07, 6.45) is 1.08. The Kier molecular flexibility index (Phi) is 6.19. The number of aromatic nitrogens is 2. The molecule has 1 aliphatic heterocycles. The Balaban J connectivity index is 1.49. The summed E-state index contributed by atoms with van der Waals surface area (Å²) in [6.45, 7) is 3.28. The Labute approximate surface area is 157 Å². The van der Waals surface area contributed by atoms with E-state index >= 15 is 0 Å². The van der Waals surface area contributed by atoms with Crippen LogP contribution in [-0.2, 0) is 4.74 Å². The number of hydrogen-bond donors (Lipinski definition) is 2. The number of likely N-dealkylation sites (tertiary alicyclic amines) is 1. The summed E-state index contributed by atoms with van der Waals surface area (Å²) in [5.74, 6) is 0.309. The van der Waals surface area contributed by atoms with Gasteiger partial charge in [-0.15, -0.1) is 10.2 Å². The molecule has 1 aromatic carbocycles. The molecule has 8 heteroatoms. The molecule has 2 aromatic rings. The van der Waals surface area contributed by atoms with E-state index in [1.165, 1.54) is 0 Å². The maximum absolute atomic E-state index is 12.4. The number of para-hydroxylation sites is 1. The number of benzene rings is 1. The summed E-state index contributed by atoms with van der Waals surface area (Å²) in [5, 5.41) is 14.1. The van der Waals surface area contributed by atoms with Gasteiger partial charge in [0, 0.05) is 24.8 Å². The Hall–Kier alpha value is -3.16. The fraction of sp³-hybridized carbons (Fsp3) is 0.368. The molecule has 8 nitrogen and oxygen atoms in total. The first kappa shape index (κ1) is 18.6. The third kappa shape index (κ3) is 5.16. The molecule has 0 bridgehead atoms. The SMILES string of the molecule is CCOC(=O)N1CCC(NC(=O)c2ccc(Nc3ccccc3)nn2)CC1. The molecule has 27 heavy (non-hydrogen) atoms. The molecule has 1 fully saturated rings. The third-order valence-corrected chi connectivity index (χ3v) is 4.30. The van der Waals surface area contributed by atoms with Crippen molar-refractivity contribution in [2.45, 2.75) is 25.8 Å².